The van der Waals surface area contributed by atoms with Crippen LogP contribution in [0.15, 0.2) is 47.4 Å². The van der Waals surface area contributed by atoms with Gasteiger partial charge in [-0.25, -0.2) is 9.97 Å². The van der Waals surface area contributed by atoms with Crippen molar-refractivity contribution in [1.82, 2.24) is 14.5 Å². The largest absolute Gasteiger partial charge is 0.309 e. The number of amides is 1. The first-order valence-corrected chi connectivity index (χ1v) is 7.24. The van der Waals surface area contributed by atoms with Crippen molar-refractivity contribution < 1.29 is 4.79 Å². The number of carbonyl (C=O) groups is 1. The number of nitrogens with one attached hydrogen (secondary N) is 1. The van der Waals surface area contributed by atoms with Crippen LogP contribution in [0.5, 0.6) is 0 Å². The van der Waals surface area contributed by atoms with E-state index in [2.05, 4.69) is 15.3 Å². The minimum Gasteiger partial charge on any atom is -0.309 e. The number of pyridine rings is 1. The molecule has 3 rings (SSSR count). The number of hydrogen-bond donors (Lipinski definition) is 1. The van der Waals surface area contributed by atoms with Crippen LogP contribution in [-0.4, -0.2) is 20.4 Å². The summed E-state index contributed by atoms with van der Waals surface area (Å²) in [7, 11) is 0. The van der Waals surface area contributed by atoms with Gasteiger partial charge in [0.05, 0.1) is 10.9 Å². The summed E-state index contributed by atoms with van der Waals surface area (Å²) < 4.78 is 1.37. The summed E-state index contributed by atoms with van der Waals surface area (Å²) in [5.41, 5.74) is 1.27. The molecule has 0 aliphatic carbocycles. The van der Waals surface area contributed by atoms with Gasteiger partial charge in [0.15, 0.2) is 0 Å². The summed E-state index contributed by atoms with van der Waals surface area (Å²) in [6, 6.07) is 10.8. The highest BCUT2D eigenvalue weighted by molar-refractivity contribution is 5.90. The Morgan fingerprint density at radius 3 is 2.74 bits per heavy atom. The van der Waals surface area contributed by atoms with Gasteiger partial charge in [-0.2, -0.15) is 0 Å². The molecular formula is C17H16N4O2. The van der Waals surface area contributed by atoms with Crippen LogP contribution in [0, 0.1) is 13.8 Å². The fourth-order valence-corrected chi connectivity index (χ4v) is 2.40. The predicted octanol–water partition coefficient (Wildman–Crippen LogP) is 2.05. The Morgan fingerprint density at radius 2 is 1.96 bits per heavy atom. The van der Waals surface area contributed by atoms with E-state index >= 15 is 0 Å². The van der Waals surface area contributed by atoms with E-state index in [4.69, 9.17) is 0 Å². The average molecular weight is 308 g/mol. The highest BCUT2D eigenvalue weighted by atomic mass is 16.2. The number of nitrogens with zero attached hydrogens (tertiary/aromatic N) is 3. The second kappa shape index (κ2) is 6.00. The molecule has 23 heavy (non-hydrogen) atoms. The monoisotopic (exact) mass is 308 g/mol. The van der Waals surface area contributed by atoms with Gasteiger partial charge in [-0.1, -0.05) is 18.2 Å². The lowest BCUT2D eigenvalue weighted by Crippen LogP contribution is -2.30. The van der Waals surface area contributed by atoms with Crippen LogP contribution < -0.4 is 10.9 Å². The molecule has 0 aliphatic heterocycles. The number of fused-ring (bicyclic) bond motifs is 1. The number of rotatable bonds is 3. The van der Waals surface area contributed by atoms with Gasteiger partial charge in [0.25, 0.3) is 5.56 Å². The van der Waals surface area contributed by atoms with Crippen molar-refractivity contribution in [2.75, 3.05) is 5.32 Å². The fourth-order valence-electron chi connectivity index (χ4n) is 2.40. The van der Waals surface area contributed by atoms with Crippen molar-refractivity contribution in [3.63, 3.8) is 0 Å². The summed E-state index contributed by atoms with van der Waals surface area (Å²) in [6.07, 6.45) is 1.61. The summed E-state index contributed by atoms with van der Waals surface area (Å²) >= 11 is 0. The van der Waals surface area contributed by atoms with E-state index in [-0.39, 0.29) is 18.0 Å². The Balaban J connectivity index is 1.91. The van der Waals surface area contributed by atoms with Crippen LogP contribution in [0.4, 0.5) is 5.82 Å². The minimum atomic E-state index is -0.311. The van der Waals surface area contributed by atoms with Gasteiger partial charge < -0.3 is 5.32 Å². The van der Waals surface area contributed by atoms with Crippen LogP contribution in [-0.2, 0) is 11.3 Å². The van der Waals surface area contributed by atoms with Crippen LogP contribution in [0.25, 0.3) is 10.9 Å². The molecule has 2 aromatic heterocycles. The molecule has 0 bridgehead atoms. The third kappa shape index (κ3) is 2.96. The lowest BCUT2D eigenvalue weighted by atomic mass is 10.2. The Morgan fingerprint density at radius 1 is 1.17 bits per heavy atom. The van der Waals surface area contributed by atoms with E-state index in [9.17, 15) is 9.59 Å². The first kappa shape index (κ1) is 14.9. The Kier molecular flexibility index (Phi) is 3.89. The van der Waals surface area contributed by atoms with E-state index in [1.165, 1.54) is 4.57 Å². The third-order valence-corrected chi connectivity index (χ3v) is 3.62. The van der Waals surface area contributed by atoms with E-state index in [1.54, 1.807) is 37.4 Å². The number of aryl methyl sites for hydroxylation is 2. The summed E-state index contributed by atoms with van der Waals surface area (Å²) in [4.78, 5) is 33.3. The molecule has 0 spiro atoms. The van der Waals surface area contributed by atoms with E-state index < -0.39 is 0 Å². The van der Waals surface area contributed by atoms with Crippen LogP contribution in [0.2, 0.25) is 0 Å². The molecule has 0 aliphatic rings. The number of anilines is 1. The zero-order valence-corrected chi connectivity index (χ0v) is 12.9. The number of carbonyl (C=O) groups excluding carboxylic acids is 1. The molecule has 0 fully saturated rings. The highest BCUT2D eigenvalue weighted by Gasteiger charge is 2.12. The summed E-state index contributed by atoms with van der Waals surface area (Å²) in [6.45, 7) is 3.48. The van der Waals surface area contributed by atoms with Crippen molar-refractivity contribution in [2.45, 2.75) is 20.4 Å². The van der Waals surface area contributed by atoms with E-state index in [0.29, 0.717) is 22.5 Å². The van der Waals surface area contributed by atoms with Crippen molar-refractivity contribution in [3.05, 3.63) is 64.3 Å². The molecule has 116 valence electrons. The molecule has 3 aromatic rings. The highest BCUT2D eigenvalue weighted by Crippen LogP contribution is 2.10. The first-order chi connectivity index (χ1) is 11.1. The average Bonchev–Trinajstić information content (AvgIpc) is 2.54. The van der Waals surface area contributed by atoms with Crippen molar-refractivity contribution in [1.29, 1.82) is 0 Å². The molecular weight excluding hydrogens is 292 g/mol. The maximum atomic E-state index is 12.5. The Labute approximate surface area is 132 Å². The van der Waals surface area contributed by atoms with E-state index in [1.807, 2.05) is 19.1 Å². The molecule has 2 heterocycles. The second-order valence-corrected chi connectivity index (χ2v) is 5.28. The van der Waals surface area contributed by atoms with Gasteiger partial charge in [0.1, 0.15) is 18.2 Å². The molecule has 0 saturated heterocycles. The molecule has 0 saturated carbocycles. The molecule has 1 amide bonds. The van der Waals surface area contributed by atoms with Crippen LogP contribution in [0.1, 0.15) is 11.4 Å². The Bertz CT molecular complexity index is 947. The van der Waals surface area contributed by atoms with Gasteiger partial charge in [-0.15, -0.1) is 0 Å². The first-order valence-electron chi connectivity index (χ1n) is 7.24. The second-order valence-electron chi connectivity index (χ2n) is 5.28. The lowest BCUT2D eigenvalue weighted by molar-refractivity contribution is -0.116. The third-order valence-electron chi connectivity index (χ3n) is 3.62. The number of hydrogen-bond acceptors (Lipinski definition) is 4. The molecule has 1 N–H and O–H groups in total. The molecule has 6 heteroatoms. The van der Waals surface area contributed by atoms with Crippen molar-refractivity contribution >= 4 is 22.6 Å². The van der Waals surface area contributed by atoms with Gasteiger partial charge in [0.2, 0.25) is 5.91 Å². The number of para-hydroxylation sites is 1. The SMILES string of the molecule is Cc1cccnc1NC(=O)Cn1c(C)nc2ccccc2c1=O. The normalized spacial score (nSPS) is 10.7. The van der Waals surface area contributed by atoms with Gasteiger partial charge >= 0.3 is 0 Å². The maximum absolute atomic E-state index is 12.5. The van der Waals surface area contributed by atoms with Crippen LogP contribution >= 0.6 is 0 Å². The molecule has 1 aromatic carbocycles. The number of benzene rings is 1. The smallest absolute Gasteiger partial charge is 0.261 e. The van der Waals surface area contributed by atoms with Crippen molar-refractivity contribution in [2.24, 2.45) is 0 Å². The van der Waals surface area contributed by atoms with Crippen LogP contribution in [0.3, 0.4) is 0 Å². The van der Waals surface area contributed by atoms with Crippen molar-refractivity contribution in [3.8, 4) is 0 Å². The topological polar surface area (TPSA) is 76.9 Å². The lowest BCUT2D eigenvalue weighted by Gasteiger charge is -2.11. The van der Waals surface area contributed by atoms with Gasteiger partial charge in [-0.05, 0) is 37.6 Å². The number of aromatic nitrogens is 3. The van der Waals surface area contributed by atoms with Gasteiger partial charge in [0, 0.05) is 6.20 Å². The standard InChI is InChI=1S/C17H16N4O2/c1-11-6-5-9-18-16(11)20-15(22)10-21-12(2)19-14-8-4-3-7-13(14)17(21)23/h3-9H,10H2,1-2H3,(H,18,20,22). The van der Waals surface area contributed by atoms with Gasteiger partial charge in [-0.3, -0.25) is 14.2 Å². The molecule has 6 nitrogen and oxygen atoms in total. The summed E-state index contributed by atoms with van der Waals surface area (Å²) in [5.74, 6) is 0.688. The van der Waals surface area contributed by atoms with E-state index in [0.717, 1.165) is 5.56 Å². The molecule has 0 radical (unpaired) electrons. The summed E-state index contributed by atoms with van der Waals surface area (Å²) in [5, 5.41) is 3.22. The maximum Gasteiger partial charge on any atom is 0.261 e. The zero-order valence-electron chi connectivity index (χ0n) is 12.9. The minimum absolute atomic E-state index is 0.0987. The Hall–Kier alpha value is -3.02. The fraction of sp³-hybridized carbons (Fsp3) is 0.176. The zero-order chi connectivity index (χ0) is 16.4. The quantitative estimate of drug-likeness (QED) is 0.803. The predicted molar refractivity (Wildman–Crippen MR) is 88.3 cm³/mol. The molecule has 0 unspecified atom stereocenters. The molecule has 0 atom stereocenters.